The van der Waals surface area contributed by atoms with Gasteiger partial charge in [-0.1, -0.05) is 12.5 Å². The Kier molecular flexibility index (Phi) is 4.65. The van der Waals surface area contributed by atoms with Crippen LogP contribution in [0.25, 0.3) is 0 Å². The average molecular weight is 296 g/mol. The molecule has 1 heterocycles. The van der Waals surface area contributed by atoms with Crippen molar-refractivity contribution in [2.45, 2.75) is 38.3 Å². The number of rotatable bonds is 4. The lowest BCUT2D eigenvalue weighted by atomic mass is 10.0. The van der Waals surface area contributed by atoms with Crippen molar-refractivity contribution in [2.75, 3.05) is 7.05 Å². The summed E-state index contributed by atoms with van der Waals surface area (Å²) in [6, 6.07) is 3.48. The Labute approximate surface area is 122 Å². The Balaban J connectivity index is 1.96. The van der Waals surface area contributed by atoms with Crippen LogP contribution >= 0.6 is 11.3 Å². The third kappa shape index (κ3) is 3.12. The number of nitrogens with zero attached hydrogens (tertiary/aromatic N) is 1. The van der Waals surface area contributed by atoms with Gasteiger partial charge in [-0.25, -0.2) is 4.79 Å². The minimum atomic E-state index is -0.818. The van der Waals surface area contributed by atoms with Gasteiger partial charge in [0.15, 0.2) is 0 Å². The van der Waals surface area contributed by atoms with Gasteiger partial charge in [0.1, 0.15) is 0 Å². The number of nitrogens with one attached hydrogen (secondary N) is 1. The molecular formula is C14H20N2O3S. The van der Waals surface area contributed by atoms with Crippen LogP contribution < -0.4 is 5.32 Å². The van der Waals surface area contributed by atoms with E-state index < -0.39 is 11.9 Å². The summed E-state index contributed by atoms with van der Waals surface area (Å²) >= 11 is 1.61. The SMILES string of the molecule is CC(c1cccs1)N(C)C(=O)NC1CCCC1C(=O)O. The van der Waals surface area contributed by atoms with Crippen molar-refractivity contribution in [3.05, 3.63) is 22.4 Å². The Morgan fingerprint density at radius 3 is 2.85 bits per heavy atom. The highest BCUT2D eigenvalue weighted by Crippen LogP contribution is 2.27. The van der Waals surface area contributed by atoms with Crippen LogP contribution in [0.5, 0.6) is 0 Å². The number of carboxylic acids is 1. The zero-order valence-electron chi connectivity index (χ0n) is 11.7. The molecule has 0 saturated heterocycles. The van der Waals surface area contributed by atoms with E-state index in [-0.39, 0.29) is 18.1 Å². The lowest BCUT2D eigenvalue weighted by molar-refractivity contribution is -0.142. The van der Waals surface area contributed by atoms with Crippen molar-refractivity contribution in [2.24, 2.45) is 5.92 Å². The monoisotopic (exact) mass is 296 g/mol. The van der Waals surface area contributed by atoms with Gasteiger partial charge in [-0.15, -0.1) is 11.3 Å². The largest absolute Gasteiger partial charge is 0.481 e. The molecular weight excluding hydrogens is 276 g/mol. The molecule has 0 aliphatic heterocycles. The molecule has 1 aromatic rings. The van der Waals surface area contributed by atoms with Gasteiger partial charge < -0.3 is 15.3 Å². The minimum Gasteiger partial charge on any atom is -0.481 e. The standard InChI is InChI=1S/C14H20N2O3S/c1-9(12-7-4-8-20-12)16(2)14(19)15-11-6-3-5-10(11)13(17)18/h4,7-11H,3,5-6H2,1-2H3,(H,15,19)(H,17,18). The molecule has 3 atom stereocenters. The van der Waals surface area contributed by atoms with Crippen LogP contribution in [0.15, 0.2) is 17.5 Å². The molecule has 110 valence electrons. The van der Waals surface area contributed by atoms with Crippen molar-refractivity contribution < 1.29 is 14.7 Å². The molecule has 6 heteroatoms. The molecule has 1 aromatic heterocycles. The maximum atomic E-state index is 12.2. The van der Waals surface area contributed by atoms with E-state index in [1.807, 2.05) is 24.4 Å². The van der Waals surface area contributed by atoms with Crippen LogP contribution in [-0.4, -0.2) is 35.1 Å². The summed E-state index contributed by atoms with van der Waals surface area (Å²) < 4.78 is 0. The molecule has 0 aromatic carbocycles. The van der Waals surface area contributed by atoms with E-state index in [2.05, 4.69) is 5.32 Å². The quantitative estimate of drug-likeness (QED) is 0.897. The minimum absolute atomic E-state index is 0.0142. The first-order valence-corrected chi connectivity index (χ1v) is 7.68. The topological polar surface area (TPSA) is 69.6 Å². The van der Waals surface area contributed by atoms with Crippen LogP contribution in [0.3, 0.4) is 0 Å². The number of thiophene rings is 1. The number of hydrogen-bond acceptors (Lipinski definition) is 3. The molecule has 2 N–H and O–H groups in total. The number of carbonyl (C=O) groups is 2. The molecule has 0 radical (unpaired) electrons. The fourth-order valence-corrected chi connectivity index (χ4v) is 3.41. The molecule has 1 aliphatic rings. The van der Waals surface area contributed by atoms with Crippen LogP contribution in [0, 0.1) is 5.92 Å². The maximum absolute atomic E-state index is 12.2. The molecule has 1 fully saturated rings. The number of hydrogen-bond donors (Lipinski definition) is 2. The van der Waals surface area contributed by atoms with E-state index in [0.717, 1.165) is 17.7 Å². The lowest BCUT2D eigenvalue weighted by Crippen LogP contribution is -2.46. The highest BCUT2D eigenvalue weighted by Gasteiger charge is 2.34. The Hall–Kier alpha value is -1.56. The molecule has 5 nitrogen and oxygen atoms in total. The van der Waals surface area contributed by atoms with Crippen LogP contribution in [0.2, 0.25) is 0 Å². The van der Waals surface area contributed by atoms with Gasteiger partial charge in [-0.2, -0.15) is 0 Å². The number of aliphatic carboxylic acids is 1. The van der Waals surface area contributed by atoms with E-state index >= 15 is 0 Å². The first kappa shape index (κ1) is 14.8. The highest BCUT2D eigenvalue weighted by molar-refractivity contribution is 7.10. The number of amides is 2. The smallest absolute Gasteiger partial charge is 0.317 e. The van der Waals surface area contributed by atoms with Crippen molar-refractivity contribution >= 4 is 23.3 Å². The van der Waals surface area contributed by atoms with E-state index in [9.17, 15) is 9.59 Å². The number of carbonyl (C=O) groups excluding carboxylic acids is 1. The summed E-state index contributed by atoms with van der Waals surface area (Å²) in [5.41, 5.74) is 0. The van der Waals surface area contributed by atoms with Gasteiger partial charge in [0.05, 0.1) is 12.0 Å². The summed E-state index contributed by atoms with van der Waals surface area (Å²) in [5, 5.41) is 14.0. The van der Waals surface area contributed by atoms with Crippen molar-refractivity contribution in [3.63, 3.8) is 0 Å². The zero-order valence-corrected chi connectivity index (χ0v) is 12.5. The van der Waals surface area contributed by atoms with E-state index in [4.69, 9.17) is 5.11 Å². The van der Waals surface area contributed by atoms with E-state index in [0.29, 0.717) is 6.42 Å². The van der Waals surface area contributed by atoms with Gasteiger partial charge in [-0.3, -0.25) is 4.79 Å². The fraction of sp³-hybridized carbons (Fsp3) is 0.571. The molecule has 1 saturated carbocycles. The Bertz CT molecular complexity index is 475. The van der Waals surface area contributed by atoms with Crippen molar-refractivity contribution in [1.29, 1.82) is 0 Å². The van der Waals surface area contributed by atoms with Gasteiger partial charge >= 0.3 is 12.0 Å². The van der Waals surface area contributed by atoms with Crippen molar-refractivity contribution in [3.8, 4) is 0 Å². The number of urea groups is 1. The second kappa shape index (κ2) is 6.26. The zero-order chi connectivity index (χ0) is 14.7. The molecule has 0 spiro atoms. The molecule has 2 amide bonds. The van der Waals surface area contributed by atoms with Gasteiger partial charge in [0.2, 0.25) is 0 Å². The van der Waals surface area contributed by atoms with Gasteiger partial charge in [-0.05, 0) is 31.2 Å². The predicted molar refractivity (Wildman–Crippen MR) is 77.8 cm³/mol. The average Bonchev–Trinajstić information content (AvgIpc) is 3.07. The number of carboxylic acid groups (broad SMARTS) is 1. The molecule has 20 heavy (non-hydrogen) atoms. The third-order valence-corrected chi connectivity index (χ3v) is 5.04. The summed E-state index contributed by atoms with van der Waals surface area (Å²) in [5.74, 6) is -1.27. The third-order valence-electron chi connectivity index (χ3n) is 4.00. The second-order valence-electron chi connectivity index (χ2n) is 5.23. The normalized spacial score (nSPS) is 23.3. The van der Waals surface area contributed by atoms with Crippen LogP contribution in [0.4, 0.5) is 4.79 Å². The Morgan fingerprint density at radius 2 is 2.25 bits per heavy atom. The van der Waals surface area contributed by atoms with Gasteiger partial charge in [0, 0.05) is 18.0 Å². The molecule has 1 aliphatic carbocycles. The summed E-state index contributed by atoms with van der Waals surface area (Å²) in [6.07, 6.45) is 2.24. The molecule has 2 rings (SSSR count). The predicted octanol–water partition coefficient (Wildman–Crippen LogP) is 2.70. The molecule has 3 unspecified atom stereocenters. The first-order chi connectivity index (χ1) is 9.50. The second-order valence-corrected chi connectivity index (χ2v) is 6.21. The lowest BCUT2D eigenvalue weighted by Gasteiger charge is -2.27. The Morgan fingerprint density at radius 1 is 1.50 bits per heavy atom. The first-order valence-electron chi connectivity index (χ1n) is 6.80. The summed E-state index contributed by atoms with van der Waals surface area (Å²) in [7, 11) is 1.74. The summed E-state index contributed by atoms with van der Waals surface area (Å²) in [4.78, 5) is 26.1. The maximum Gasteiger partial charge on any atom is 0.317 e. The highest BCUT2D eigenvalue weighted by atomic mass is 32.1. The van der Waals surface area contributed by atoms with Crippen molar-refractivity contribution in [1.82, 2.24) is 10.2 Å². The van der Waals surface area contributed by atoms with Crippen LogP contribution in [-0.2, 0) is 4.79 Å². The summed E-state index contributed by atoms with van der Waals surface area (Å²) in [6.45, 7) is 1.97. The fourth-order valence-electron chi connectivity index (χ4n) is 2.58. The van der Waals surface area contributed by atoms with E-state index in [1.165, 1.54) is 0 Å². The van der Waals surface area contributed by atoms with Crippen LogP contribution in [0.1, 0.15) is 37.1 Å². The molecule has 0 bridgehead atoms. The van der Waals surface area contributed by atoms with Gasteiger partial charge in [0.25, 0.3) is 0 Å². The van der Waals surface area contributed by atoms with E-state index in [1.54, 1.807) is 23.3 Å².